The molecule has 0 saturated heterocycles. The van der Waals surface area contributed by atoms with Crippen LogP contribution in [0.15, 0.2) is 121 Å². The highest BCUT2D eigenvalue weighted by Gasteiger charge is 2.46. The number of carbonyl (C=O) groups excluding carboxylic acids is 2. The Bertz CT molecular complexity index is 1640. The van der Waals surface area contributed by atoms with Gasteiger partial charge in [0.15, 0.2) is 0 Å². The Morgan fingerprint density at radius 2 is 1.49 bits per heavy atom. The molecule has 1 heterocycles. The van der Waals surface area contributed by atoms with Crippen LogP contribution in [0.2, 0.25) is 0 Å². The fourth-order valence-electron chi connectivity index (χ4n) is 5.14. The van der Waals surface area contributed by atoms with E-state index >= 15 is 0 Å². The fourth-order valence-corrected chi connectivity index (χ4v) is 5.14. The van der Waals surface area contributed by atoms with Crippen LogP contribution in [-0.4, -0.2) is 33.0 Å². The van der Waals surface area contributed by atoms with E-state index in [-0.39, 0.29) is 36.0 Å². The molecule has 1 aliphatic carbocycles. The number of carbonyl (C=O) groups is 2. The van der Waals surface area contributed by atoms with Crippen LogP contribution in [0.3, 0.4) is 0 Å². The molecule has 7 heteroatoms. The van der Waals surface area contributed by atoms with Gasteiger partial charge in [-0.2, -0.15) is 5.10 Å². The zero-order chi connectivity index (χ0) is 28.2. The summed E-state index contributed by atoms with van der Waals surface area (Å²) in [6.45, 7) is 0.221. The number of nitrogens with zero attached hydrogens (tertiary/aromatic N) is 3. The molecule has 0 spiro atoms. The van der Waals surface area contributed by atoms with Crippen LogP contribution < -0.4 is 5.32 Å². The van der Waals surface area contributed by atoms with E-state index in [0.29, 0.717) is 23.7 Å². The first-order valence-electron chi connectivity index (χ1n) is 13.6. The zero-order valence-electron chi connectivity index (χ0n) is 22.4. The Morgan fingerprint density at radius 1 is 0.854 bits per heavy atom. The predicted molar refractivity (Wildman–Crippen MR) is 157 cm³/mol. The number of nitrogens with one attached hydrogen (secondary N) is 1. The molecule has 1 saturated carbocycles. The largest absolute Gasteiger partial charge is 0.329 e. The first-order valence-corrected chi connectivity index (χ1v) is 13.6. The molecule has 1 fully saturated rings. The topological polar surface area (TPSA) is 67.2 Å². The maximum atomic E-state index is 13.7. The maximum absolute atomic E-state index is 13.7. The van der Waals surface area contributed by atoms with Crippen molar-refractivity contribution in [1.29, 1.82) is 0 Å². The molecule has 0 unspecified atom stereocenters. The summed E-state index contributed by atoms with van der Waals surface area (Å²) in [5.41, 5.74) is 4.24. The number of aromatic nitrogens is 2. The van der Waals surface area contributed by atoms with Crippen molar-refractivity contribution in [2.45, 2.75) is 18.9 Å². The van der Waals surface area contributed by atoms with E-state index in [1.807, 2.05) is 91.0 Å². The van der Waals surface area contributed by atoms with Gasteiger partial charge < -0.3 is 10.2 Å². The first-order chi connectivity index (χ1) is 20.0. The lowest BCUT2D eigenvalue weighted by Gasteiger charge is -2.23. The van der Waals surface area contributed by atoms with Crippen molar-refractivity contribution in [2.75, 3.05) is 11.9 Å². The van der Waals surface area contributed by atoms with Crippen molar-refractivity contribution < 1.29 is 14.0 Å². The van der Waals surface area contributed by atoms with E-state index < -0.39 is 0 Å². The molecule has 6 rings (SSSR count). The van der Waals surface area contributed by atoms with Gasteiger partial charge in [-0.05, 0) is 47.7 Å². The molecule has 204 valence electrons. The molecule has 5 aromatic rings. The SMILES string of the molecule is O=C(CN(Cc1ccccc1)C(=O)[C@@H]1C[C@H]1c1ccccc1)Nc1cc(-c2ccccc2)nn1-c1ccc(F)cc1. The van der Waals surface area contributed by atoms with Crippen molar-refractivity contribution in [2.24, 2.45) is 5.92 Å². The Hall–Kier alpha value is -5.04. The third kappa shape index (κ3) is 6.09. The molecule has 0 bridgehead atoms. The van der Waals surface area contributed by atoms with Gasteiger partial charge in [0.25, 0.3) is 0 Å². The molecule has 1 N–H and O–H groups in total. The van der Waals surface area contributed by atoms with E-state index in [1.165, 1.54) is 12.1 Å². The van der Waals surface area contributed by atoms with Gasteiger partial charge in [0, 0.05) is 24.1 Å². The Balaban J connectivity index is 1.25. The lowest BCUT2D eigenvalue weighted by Crippen LogP contribution is -2.39. The lowest BCUT2D eigenvalue weighted by molar-refractivity contribution is -0.136. The minimum atomic E-state index is -0.362. The minimum absolute atomic E-state index is 0.0325. The summed E-state index contributed by atoms with van der Waals surface area (Å²) in [4.78, 5) is 28.8. The number of amides is 2. The highest BCUT2D eigenvalue weighted by Crippen LogP contribution is 2.48. The average Bonchev–Trinajstić information content (AvgIpc) is 3.71. The van der Waals surface area contributed by atoms with Crippen molar-refractivity contribution in [3.8, 4) is 16.9 Å². The second-order valence-corrected chi connectivity index (χ2v) is 10.3. The first kappa shape index (κ1) is 26.2. The Labute approximate surface area is 238 Å². The summed E-state index contributed by atoms with van der Waals surface area (Å²) < 4.78 is 15.2. The molecule has 41 heavy (non-hydrogen) atoms. The van der Waals surface area contributed by atoms with Gasteiger partial charge >= 0.3 is 0 Å². The maximum Gasteiger partial charge on any atom is 0.245 e. The van der Waals surface area contributed by atoms with E-state index in [0.717, 1.165) is 23.1 Å². The van der Waals surface area contributed by atoms with Gasteiger partial charge in [-0.1, -0.05) is 91.0 Å². The molecule has 0 radical (unpaired) electrons. The fraction of sp³-hybridized carbons (Fsp3) is 0.147. The normalized spacial score (nSPS) is 15.7. The second kappa shape index (κ2) is 11.6. The molecule has 0 aliphatic heterocycles. The number of anilines is 1. The third-order valence-electron chi connectivity index (χ3n) is 7.32. The number of halogens is 1. The van der Waals surface area contributed by atoms with Gasteiger partial charge in [-0.15, -0.1) is 0 Å². The molecule has 4 aromatic carbocycles. The molecular formula is C34H29FN4O2. The molecular weight excluding hydrogens is 515 g/mol. The van der Waals surface area contributed by atoms with Crippen molar-refractivity contribution >= 4 is 17.6 Å². The van der Waals surface area contributed by atoms with Crippen LogP contribution in [0, 0.1) is 11.7 Å². The van der Waals surface area contributed by atoms with Gasteiger partial charge in [0.05, 0.1) is 11.4 Å². The van der Waals surface area contributed by atoms with E-state index in [9.17, 15) is 14.0 Å². The number of rotatable bonds is 9. The monoisotopic (exact) mass is 544 g/mol. The summed E-state index contributed by atoms with van der Waals surface area (Å²) in [6, 6.07) is 37.0. The van der Waals surface area contributed by atoms with Crippen LogP contribution in [0.25, 0.3) is 16.9 Å². The van der Waals surface area contributed by atoms with Gasteiger partial charge in [-0.25, -0.2) is 9.07 Å². The summed E-state index contributed by atoms with van der Waals surface area (Å²) in [5.74, 6) is -0.287. The van der Waals surface area contributed by atoms with Crippen LogP contribution in [0.5, 0.6) is 0 Å². The molecule has 2 amide bonds. The Kier molecular flexibility index (Phi) is 7.41. The summed E-state index contributed by atoms with van der Waals surface area (Å²) in [6.07, 6.45) is 0.771. The number of benzene rings is 4. The van der Waals surface area contributed by atoms with Crippen LogP contribution in [0.1, 0.15) is 23.5 Å². The van der Waals surface area contributed by atoms with Gasteiger partial charge in [0.2, 0.25) is 11.8 Å². The number of hydrogen-bond acceptors (Lipinski definition) is 3. The van der Waals surface area contributed by atoms with Crippen molar-refractivity contribution in [3.63, 3.8) is 0 Å². The molecule has 6 nitrogen and oxygen atoms in total. The summed E-state index contributed by atoms with van der Waals surface area (Å²) in [7, 11) is 0. The van der Waals surface area contributed by atoms with Crippen LogP contribution >= 0.6 is 0 Å². The van der Waals surface area contributed by atoms with Gasteiger partial charge in [-0.3, -0.25) is 9.59 Å². The number of hydrogen-bond donors (Lipinski definition) is 1. The quantitative estimate of drug-likeness (QED) is 0.232. The van der Waals surface area contributed by atoms with Gasteiger partial charge in [0.1, 0.15) is 18.2 Å². The third-order valence-corrected chi connectivity index (χ3v) is 7.32. The lowest BCUT2D eigenvalue weighted by atomic mass is 10.1. The molecule has 1 aromatic heterocycles. The Morgan fingerprint density at radius 3 is 2.17 bits per heavy atom. The predicted octanol–water partition coefficient (Wildman–Crippen LogP) is 6.45. The van der Waals surface area contributed by atoms with Crippen LogP contribution in [-0.2, 0) is 16.1 Å². The van der Waals surface area contributed by atoms with E-state index in [1.54, 1.807) is 27.8 Å². The van der Waals surface area contributed by atoms with E-state index in [2.05, 4.69) is 5.32 Å². The highest BCUT2D eigenvalue weighted by molar-refractivity contribution is 5.95. The van der Waals surface area contributed by atoms with Crippen LogP contribution in [0.4, 0.5) is 10.2 Å². The molecule has 2 atom stereocenters. The summed E-state index contributed by atoms with van der Waals surface area (Å²) >= 11 is 0. The smallest absolute Gasteiger partial charge is 0.245 e. The second-order valence-electron chi connectivity index (χ2n) is 10.3. The van der Waals surface area contributed by atoms with Crippen molar-refractivity contribution in [3.05, 3.63) is 138 Å². The molecule has 1 aliphatic rings. The average molecular weight is 545 g/mol. The minimum Gasteiger partial charge on any atom is -0.329 e. The highest BCUT2D eigenvalue weighted by atomic mass is 19.1. The van der Waals surface area contributed by atoms with Crippen molar-refractivity contribution in [1.82, 2.24) is 14.7 Å². The standard InChI is InChI=1S/C34H29FN4O2/c35-27-16-18-28(19-17-27)39-32(21-31(37-39)26-14-8-3-9-15-26)36-33(40)23-38(22-24-10-4-1-5-11-24)34(41)30-20-29(30)25-12-6-2-7-13-25/h1-19,21,29-30H,20,22-23H2,(H,36,40)/t29-,30+/m0/s1. The summed E-state index contributed by atoms with van der Waals surface area (Å²) in [5, 5.41) is 7.66. The van der Waals surface area contributed by atoms with E-state index in [4.69, 9.17) is 5.10 Å². The zero-order valence-corrected chi connectivity index (χ0v) is 22.4.